The molecule has 1 aliphatic carbocycles. The Morgan fingerprint density at radius 3 is 2.55 bits per heavy atom. The number of nitrogens with one attached hydrogen (secondary N) is 1. The van der Waals surface area contributed by atoms with Crippen LogP contribution in [0.2, 0.25) is 0 Å². The van der Waals surface area contributed by atoms with Crippen LogP contribution in [0.1, 0.15) is 70.1 Å². The molecule has 5 rings (SSSR count). The third-order valence-electron chi connectivity index (χ3n) is 7.34. The van der Waals surface area contributed by atoms with E-state index < -0.39 is 0 Å². The van der Waals surface area contributed by atoms with Crippen molar-refractivity contribution in [3.05, 3.63) is 62.8 Å². The van der Waals surface area contributed by atoms with Gasteiger partial charge >= 0.3 is 5.97 Å². The summed E-state index contributed by atoms with van der Waals surface area (Å²) in [6.07, 6.45) is 2.70. The molecule has 0 radical (unpaired) electrons. The second-order valence-corrected chi connectivity index (χ2v) is 13.1. The SMILES string of the molecule is CCOC(=O)c1c(NC(=O)c2sc3nc(-c4ccc(C)cc4)ccc3c2N)sc2c1CCC(C(C)(C)C)C2. The maximum absolute atomic E-state index is 13.5. The van der Waals surface area contributed by atoms with Gasteiger partial charge in [0.2, 0.25) is 0 Å². The number of benzene rings is 1. The second-order valence-electron chi connectivity index (χ2n) is 10.9. The minimum Gasteiger partial charge on any atom is -0.462 e. The number of carbonyl (C=O) groups excluding carboxylic acids is 2. The third-order valence-corrected chi connectivity index (χ3v) is 9.63. The smallest absolute Gasteiger partial charge is 0.341 e. The van der Waals surface area contributed by atoms with E-state index in [4.69, 9.17) is 15.5 Å². The molecule has 3 aromatic heterocycles. The Morgan fingerprint density at radius 1 is 1.13 bits per heavy atom. The lowest BCUT2D eigenvalue weighted by Gasteiger charge is -2.33. The Bertz CT molecular complexity index is 1530. The summed E-state index contributed by atoms with van der Waals surface area (Å²) in [7, 11) is 0. The van der Waals surface area contributed by atoms with Gasteiger partial charge < -0.3 is 15.8 Å². The van der Waals surface area contributed by atoms with Crippen molar-refractivity contribution in [2.75, 3.05) is 17.7 Å². The molecule has 0 spiro atoms. The molecule has 0 saturated carbocycles. The zero-order valence-electron chi connectivity index (χ0n) is 22.4. The summed E-state index contributed by atoms with van der Waals surface area (Å²) in [6, 6.07) is 12.0. The number of nitrogens with two attached hydrogens (primary N) is 1. The van der Waals surface area contributed by atoms with Gasteiger partial charge in [0.15, 0.2) is 0 Å². The summed E-state index contributed by atoms with van der Waals surface area (Å²) in [5, 5.41) is 4.30. The molecule has 8 heteroatoms. The topological polar surface area (TPSA) is 94.3 Å². The number of esters is 1. The summed E-state index contributed by atoms with van der Waals surface area (Å²) in [6.45, 7) is 10.9. The molecule has 3 N–H and O–H groups in total. The summed E-state index contributed by atoms with van der Waals surface area (Å²) >= 11 is 2.75. The van der Waals surface area contributed by atoms with E-state index >= 15 is 0 Å². The summed E-state index contributed by atoms with van der Waals surface area (Å²) in [5.74, 6) is -0.207. The molecular formula is C30H33N3O3S2. The minimum atomic E-state index is -0.386. The molecule has 0 fully saturated rings. The molecule has 4 aromatic rings. The predicted molar refractivity (Wildman–Crippen MR) is 157 cm³/mol. The first kappa shape index (κ1) is 26.4. The highest BCUT2D eigenvalue weighted by molar-refractivity contribution is 7.21. The molecule has 3 heterocycles. The van der Waals surface area contributed by atoms with Crippen molar-refractivity contribution in [1.82, 2.24) is 4.98 Å². The molecule has 0 saturated heterocycles. The zero-order chi connectivity index (χ0) is 27.2. The molecule has 1 atom stereocenters. The highest BCUT2D eigenvalue weighted by Crippen LogP contribution is 2.45. The molecule has 198 valence electrons. The molecule has 1 aromatic carbocycles. The van der Waals surface area contributed by atoms with E-state index in [2.05, 4.69) is 26.1 Å². The summed E-state index contributed by atoms with van der Waals surface area (Å²) < 4.78 is 5.39. The number of nitrogens with zero attached hydrogens (tertiary/aromatic N) is 1. The van der Waals surface area contributed by atoms with Gasteiger partial charge in [0, 0.05) is 15.8 Å². The standard InChI is InChI=1S/C30H33N3O3S2/c1-6-36-29(35)23-19-12-11-18(30(3,4)5)15-22(19)37-28(23)33-26(34)25-24(31)20-13-14-21(32-27(20)38-25)17-9-7-16(2)8-10-17/h7-10,13-14,18H,6,11-12,15,31H2,1-5H3,(H,33,34). The van der Waals surface area contributed by atoms with Crippen molar-refractivity contribution >= 4 is 55.5 Å². The second kappa shape index (κ2) is 10.2. The first-order valence-electron chi connectivity index (χ1n) is 13.0. The van der Waals surface area contributed by atoms with Crippen LogP contribution in [-0.4, -0.2) is 23.5 Å². The van der Waals surface area contributed by atoms with Crippen LogP contribution in [0.3, 0.4) is 0 Å². The van der Waals surface area contributed by atoms with Crippen molar-refractivity contribution in [1.29, 1.82) is 0 Å². The Morgan fingerprint density at radius 2 is 1.87 bits per heavy atom. The lowest BCUT2D eigenvalue weighted by atomic mass is 9.72. The van der Waals surface area contributed by atoms with Gasteiger partial charge in [0.05, 0.1) is 23.6 Å². The molecule has 6 nitrogen and oxygen atoms in total. The first-order chi connectivity index (χ1) is 18.1. The monoisotopic (exact) mass is 547 g/mol. The number of nitrogen functional groups attached to an aromatic ring is 1. The van der Waals surface area contributed by atoms with Gasteiger partial charge in [-0.25, -0.2) is 9.78 Å². The van der Waals surface area contributed by atoms with E-state index in [-0.39, 0.29) is 23.9 Å². The maximum atomic E-state index is 13.5. The first-order valence-corrected chi connectivity index (χ1v) is 14.6. The number of ether oxygens (including phenoxy) is 1. The number of hydrogen-bond donors (Lipinski definition) is 2. The maximum Gasteiger partial charge on any atom is 0.341 e. The number of anilines is 2. The van der Waals surface area contributed by atoms with Crippen molar-refractivity contribution in [3.8, 4) is 11.3 Å². The van der Waals surface area contributed by atoms with E-state index in [0.717, 1.165) is 46.3 Å². The quantitative estimate of drug-likeness (QED) is 0.252. The van der Waals surface area contributed by atoms with E-state index in [0.29, 0.717) is 31.9 Å². The van der Waals surface area contributed by atoms with Crippen LogP contribution in [0.15, 0.2) is 36.4 Å². The fourth-order valence-corrected chi connectivity index (χ4v) is 7.34. The van der Waals surface area contributed by atoms with Crippen LogP contribution in [0, 0.1) is 18.3 Å². The van der Waals surface area contributed by atoms with Crippen molar-refractivity contribution in [2.24, 2.45) is 11.3 Å². The van der Waals surface area contributed by atoms with Crippen LogP contribution in [0.5, 0.6) is 0 Å². The number of fused-ring (bicyclic) bond motifs is 2. The van der Waals surface area contributed by atoms with Crippen molar-refractivity contribution < 1.29 is 14.3 Å². The number of aromatic nitrogens is 1. The van der Waals surface area contributed by atoms with Crippen LogP contribution in [0.4, 0.5) is 10.7 Å². The average molecular weight is 548 g/mol. The van der Waals surface area contributed by atoms with E-state index in [1.165, 1.54) is 28.2 Å². The number of carbonyl (C=O) groups is 2. The van der Waals surface area contributed by atoms with Gasteiger partial charge in [-0.1, -0.05) is 50.6 Å². The number of aryl methyl sites for hydroxylation is 1. The van der Waals surface area contributed by atoms with E-state index in [1.807, 2.05) is 43.3 Å². The van der Waals surface area contributed by atoms with Gasteiger partial charge in [-0.05, 0) is 62.1 Å². The highest BCUT2D eigenvalue weighted by atomic mass is 32.1. The van der Waals surface area contributed by atoms with E-state index in [9.17, 15) is 9.59 Å². The van der Waals surface area contributed by atoms with Gasteiger partial charge in [-0.15, -0.1) is 22.7 Å². The Balaban J connectivity index is 1.48. The van der Waals surface area contributed by atoms with Crippen LogP contribution in [0.25, 0.3) is 21.5 Å². The van der Waals surface area contributed by atoms with Gasteiger partial charge in [0.1, 0.15) is 14.7 Å². The Kier molecular flexibility index (Phi) is 7.05. The van der Waals surface area contributed by atoms with Crippen molar-refractivity contribution in [2.45, 2.75) is 53.9 Å². The lowest BCUT2D eigenvalue weighted by Crippen LogP contribution is -2.26. The van der Waals surface area contributed by atoms with Crippen LogP contribution < -0.4 is 11.1 Å². The minimum absolute atomic E-state index is 0.172. The molecule has 0 bridgehead atoms. The molecule has 0 aliphatic heterocycles. The number of thiophene rings is 2. The fraction of sp³-hybridized carbons (Fsp3) is 0.367. The third kappa shape index (κ3) is 4.95. The predicted octanol–water partition coefficient (Wildman–Crippen LogP) is 7.50. The Hall–Kier alpha value is -3.23. The molecule has 1 aliphatic rings. The van der Waals surface area contributed by atoms with E-state index in [1.54, 1.807) is 6.92 Å². The zero-order valence-corrected chi connectivity index (χ0v) is 24.1. The van der Waals surface area contributed by atoms with Crippen LogP contribution >= 0.6 is 22.7 Å². The number of amides is 1. The Labute approximate surface area is 231 Å². The van der Waals surface area contributed by atoms with Crippen LogP contribution in [-0.2, 0) is 17.6 Å². The molecule has 38 heavy (non-hydrogen) atoms. The molecule has 1 amide bonds. The molecule has 1 unspecified atom stereocenters. The van der Waals surface area contributed by atoms with Crippen molar-refractivity contribution in [3.63, 3.8) is 0 Å². The number of rotatable bonds is 5. The summed E-state index contributed by atoms with van der Waals surface area (Å²) in [4.78, 5) is 33.5. The lowest BCUT2D eigenvalue weighted by molar-refractivity contribution is 0.0526. The van der Waals surface area contributed by atoms with Gasteiger partial charge in [0.25, 0.3) is 5.91 Å². The summed E-state index contributed by atoms with van der Waals surface area (Å²) in [5.41, 5.74) is 11.5. The number of hydrogen-bond acceptors (Lipinski definition) is 7. The fourth-order valence-electron chi connectivity index (χ4n) is 5.04. The number of pyridine rings is 1. The van der Waals surface area contributed by atoms with Gasteiger partial charge in [-0.3, -0.25) is 4.79 Å². The highest BCUT2D eigenvalue weighted by Gasteiger charge is 2.35. The van der Waals surface area contributed by atoms with Gasteiger partial charge in [-0.2, -0.15) is 0 Å². The molecular weight excluding hydrogens is 514 g/mol. The largest absolute Gasteiger partial charge is 0.462 e. The average Bonchev–Trinajstić information content (AvgIpc) is 3.40. The normalized spacial score (nSPS) is 15.3.